The van der Waals surface area contributed by atoms with Crippen LogP contribution < -0.4 is 0 Å². The molecule has 24 heavy (non-hydrogen) atoms. The molecule has 2 rings (SSSR count). The van der Waals surface area contributed by atoms with Gasteiger partial charge in [-0.15, -0.1) is 0 Å². The SMILES string of the molecule is CCOC(=O)[C@H]1CC[C@H](n2ncc(C(=O)Cl)c2C(F)(F)F)C[C@@H]1C. The van der Waals surface area contributed by atoms with Crippen molar-refractivity contribution in [2.24, 2.45) is 11.8 Å². The minimum absolute atomic E-state index is 0.150. The van der Waals surface area contributed by atoms with E-state index in [1.54, 1.807) is 13.8 Å². The van der Waals surface area contributed by atoms with Gasteiger partial charge in [0.25, 0.3) is 5.24 Å². The van der Waals surface area contributed by atoms with E-state index in [2.05, 4.69) is 5.10 Å². The number of ether oxygens (including phenoxy) is 1. The van der Waals surface area contributed by atoms with Crippen molar-refractivity contribution in [2.45, 2.75) is 45.3 Å². The number of hydrogen-bond donors (Lipinski definition) is 0. The van der Waals surface area contributed by atoms with E-state index in [-0.39, 0.29) is 24.4 Å². The second-order valence-electron chi connectivity index (χ2n) is 5.93. The summed E-state index contributed by atoms with van der Waals surface area (Å²) in [6.45, 7) is 3.78. The topological polar surface area (TPSA) is 61.2 Å². The first-order valence-corrected chi connectivity index (χ1v) is 8.05. The normalized spacial score (nSPS) is 24.7. The number of hydrogen-bond acceptors (Lipinski definition) is 4. The summed E-state index contributed by atoms with van der Waals surface area (Å²) in [5.74, 6) is -0.806. The fourth-order valence-electron chi connectivity index (χ4n) is 3.25. The Hall–Kier alpha value is -1.57. The van der Waals surface area contributed by atoms with E-state index in [4.69, 9.17) is 16.3 Å². The average Bonchev–Trinajstić information content (AvgIpc) is 2.92. The highest BCUT2D eigenvalue weighted by Crippen LogP contribution is 2.41. The summed E-state index contributed by atoms with van der Waals surface area (Å²) in [4.78, 5) is 23.1. The van der Waals surface area contributed by atoms with Crippen molar-refractivity contribution in [2.75, 3.05) is 6.61 Å². The number of nitrogens with zero attached hydrogens (tertiary/aromatic N) is 2. The molecule has 0 N–H and O–H groups in total. The third-order valence-electron chi connectivity index (χ3n) is 4.35. The van der Waals surface area contributed by atoms with Crippen LogP contribution in [-0.4, -0.2) is 27.6 Å². The van der Waals surface area contributed by atoms with Gasteiger partial charge in [0.1, 0.15) is 0 Å². The first-order chi connectivity index (χ1) is 11.2. The molecular formula is C15H18ClF3N2O3. The van der Waals surface area contributed by atoms with Gasteiger partial charge in [0.05, 0.1) is 30.3 Å². The van der Waals surface area contributed by atoms with Crippen LogP contribution in [0.2, 0.25) is 0 Å². The maximum atomic E-state index is 13.3. The van der Waals surface area contributed by atoms with Gasteiger partial charge in [0.2, 0.25) is 0 Å². The van der Waals surface area contributed by atoms with Crippen LogP contribution in [0.5, 0.6) is 0 Å². The van der Waals surface area contributed by atoms with Crippen molar-refractivity contribution in [1.29, 1.82) is 0 Å². The maximum absolute atomic E-state index is 13.3. The molecule has 0 spiro atoms. The standard InChI is InChI=1S/C15H18ClF3N2O3/c1-3-24-14(23)10-5-4-9(6-8(10)2)21-12(15(17,18)19)11(7-20-21)13(16)22/h7-10H,3-6H2,1-2H3/t8-,9-,10-/m0/s1. The van der Waals surface area contributed by atoms with E-state index < -0.39 is 28.7 Å². The first-order valence-electron chi connectivity index (χ1n) is 7.68. The molecule has 0 aromatic carbocycles. The van der Waals surface area contributed by atoms with Crippen LogP contribution in [0.25, 0.3) is 0 Å². The number of carbonyl (C=O) groups is 2. The van der Waals surface area contributed by atoms with Crippen molar-refractivity contribution in [3.8, 4) is 0 Å². The third kappa shape index (κ3) is 3.74. The van der Waals surface area contributed by atoms with Gasteiger partial charge in [-0.05, 0) is 43.7 Å². The van der Waals surface area contributed by atoms with Crippen LogP contribution >= 0.6 is 11.6 Å². The van der Waals surface area contributed by atoms with Crippen molar-refractivity contribution < 1.29 is 27.5 Å². The summed E-state index contributed by atoms with van der Waals surface area (Å²) in [7, 11) is 0. The van der Waals surface area contributed by atoms with Crippen molar-refractivity contribution in [1.82, 2.24) is 9.78 Å². The monoisotopic (exact) mass is 366 g/mol. The lowest BCUT2D eigenvalue weighted by atomic mass is 9.78. The van der Waals surface area contributed by atoms with Gasteiger partial charge >= 0.3 is 12.1 Å². The van der Waals surface area contributed by atoms with E-state index in [0.29, 0.717) is 19.3 Å². The zero-order valence-electron chi connectivity index (χ0n) is 13.3. The van der Waals surface area contributed by atoms with Crippen LogP contribution in [0, 0.1) is 11.8 Å². The number of alkyl halides is 3. The molecule has 0 saturated heterocycles. The smallest absolute Gasteiger partial charge is 0.433 e. The largest absolute Gasteiger partial charge is 0.466 e. The molecule has 1 saturated carbocycles. The Morgan fingerprint density at radius 2 is 2.08 bits per heavy atom. The molecule has 5 nitrogen and oxygen atoms in total. The lowest BCUT2D eigenvalue weighted by Gasteiger charge is -2.33. The van der Waals surface area contributed by atoms with Crippen LogP contribution in [0.15, 0.2) is 6.20 Å². The van der Waals surface area contributed by atoms with E-state index in [1.165, 1.54) is 0 Å². The van der Waals surface area contributed by atoms with Crippen molar-refractivity contribution >= 4 is 22.8 Å². The molecule has 0 radical (unpaired) electrons. The zero-order valence-corrected chi connectivity index (χ0v) is 14.0. The Bertz CT molecular complexity index is 630. The molecule has 0 unspecified atom stereocenters. The quantitative estimate of drug-likeness (QED) is 0.600. The molecular weight excluding hydrogens is 349 g/mol. The molecule has 0 amide bonds. The van der Waals surface area contributed by atoms with E-state index in [9.17, 15) is 22.8 Å². The van der Waals surface area contributed by atoms with E-state index >= 15 is 0 Å². The molecule has 1 aromatic rings. The lowest BCUT2D eigenvalue weighted by Crippen LogP contribution is -2.33. The Balaban J connectivity index is 2.26. The molecule has 0 aliphatic heterocycles. The molecule has 1 aromatic heterocycles. The van der Waals surface area contributed by atoms with Gasteiger partial charge in [-0.1, -0.05) is 6.92 Å². The molecule has 1 fully saturated rings. The summed E-state index contributed by atoms with van der Waals surface area (Å²) >= 11 is 5.24. The Morgan fingerprint density at radius 1 is 1.42 bits per heavy atom. The number of carbonyl (C=O) groups excluding carboxylic acids is 2. The summed E-state index contributed by atoms with van der Waals surface area (Å²) in [5, 5.41) is 2.55. The van der Waals surface area contributed by atoms with Crippen molar-refractivity contribution in [3.05, 3.63) is 17.5 Å². The van der Waals surface area contributed by atoms with Gasteiger partial charge in [-0.25, -0.2) is 0 Å². The second kappa shape index (κ2) is 7.13. The fourth-order valence-corrected chi connectivity index (χ4v) is 3.39. The lowest BCUT2D eigenvalue weighted by molar-refractivity contribution is -0.153. The summed E-state index contributed by atoms with van der Waals surface area (Å²) in [6, 6.07) is -0.549. The Kier molecular flexibility index (Phi) is 5.57. The second-order valence-corrected chi connectivity index (χ2v) is 6.27. The molecule has 0 bridgehead atoms. The summed E-state index contributed by atoms with van der Waals surface area (Å²) < 4.78 is 45.8. The van der Waals surface area contributed by atoms with Crippen molar-refractivity contribution in [3.63, 3.8) is 0 Å². The summed E-state index contributed by atoms with van der Waals surface area (Å²) in [5.41, 5.74) is -1.78. The van der Waals surface area contributed by atoms with E-state index in [0.717, 1.165) is 10.9 Å². The highest BCUT2D eigenvalue weighted by molar-refractivity contribution is 6.67. The van der Waals surface area contributed by atoms with Gasteiger partial charge in [-0.2, -0.15) is 18.3 Å². The maximum Gasteiger partial charge on any atom is 0.433 e. The van der Waals surface area contributed by atoms with Gasteiger partial charge in [-0.3, -0.25) is 14.3 Å². The van der Waals surface area contributed by atoms with Crippen LogP contribution in [-0.2, 0) is 15.7 Å². The summed E-state index contributed by atoms with van der Waals surface area (Å²) in [6.07, 6.45) is -2.80. The minimum atomic E-state index is -4.74. The molecule has 9 heteroatoms. The molecule has 1 heterocycles. The molecule has 1 aliphatic carbocycles. The number of rotatable bonds is 4. The number of halogens is 4. The van der Waals surface area contributed by atoms with Crippen LogP contribution in [0.1, 0.15) is 55.2 Å². The van der Waals surface area contributed by atoms with Crippen LogP contribution in [0.3, 0.4) is 0 Å². The molecule has 3 atom stereocenters. The molecule has 1 aliphatic rings. The predicted molar refractivity (Wildman–Crippen MR) is 79.6 cm³/mol. The number of aromatic nitrogens is 2. The zero-order chi connectivity index (χ0) is 18.1. The highest BCUT2D eigenvalue weighted by atomic mass is 35.5. The average molecular weight is 367 g/mol. The highest BCUT2D eigenvalue weighted by Gasteiger charge is 2.43. The van der Waals surface area contributed by atoms with Gasteiger partial charge in [0.15, 0.2) is 5.69 Å². The number of esters is 1. The Labute approximate surface area is 142 Å². The van der Waals surface area contributed by atoms with Crippen LogP contribution in [0.4, 0.5) is 13.2 Å². The first kappa shape index (κ1) is 18.8. The minimum Gasteiger partial charge on any atom is -0.466 e. The fraction of sp³-hybridized carbons (Fsp3) is 0.667. The van der Waals surface area contributed by atoms with E-state index in [1.807, 2.05) is 0 Å². The predicted octanol–water partition coefficient (Wildman–Crippen LogP) is 3.82. The van der Waals surface area contributed by atoms with Gasteiger partial charge < -0.3 is 4.74 Å². The molecule has 134 valence electrons. The van der Waals surface area contributed by atoms with Gasteiger partial charge in [0, 0.05) is 0 Å². The Morgan fingerprint density at radius 3 is 2.58 bits per heavy atom. The third-order valence-corrected chi connectivity index (χ3v) is 4.56.